The van der Waals surface area contributed by atoms with Crippen LogP contribution in [-0.4, -0.2) is 28.9 Å². The fraction of sp³-hybridized carbons (Fsp3) is 0. The number of nitrogens with zero attached hydrogens (tertiary/aromatic N) is 3. The van der Waals surface area contributed by atoms with Gasteiger partial charge < -0.3 is 5.32 Å². The molecule has 2 N–H and O–H groups in total. The van der Waals surface area contributed by atoms with E-state index in [1.54, 1.807) is 30.3 Å². The van der Waals surface area contributed by atoms with E-state index < -0.39 is 32.5 Å². The van der Waals surface area contributed by atoms with Gasteiger partial charge in [-0.15, -0.1) is 0 Å². The molecule has 0 saturated heterocycles. The molecule has 0 atom stereocenters. The number of amides is 1. The Morgan fingerprint density at radius 3 is 2.57 bits per heavy atom. The molecule has 0 fully saturated rings. The highest BCUT2D eigenvalue weighted by atomic mass is 32.2. The van der Waals surface area contributed by atoms with Gasteiger partial charge in [-0.1, -0.05) is 18.2 Å². The quantitative estimate of drug-likeness (QED) is 0.507. The van der Waals surface area contributed by atoms with E-state index in [0.29, 0.717) is 17.8 Å². The molecular weight excluding hydrogens is 416 g/mol. The summed E-state index contributed by atoms with van der Waals surface area (Å²) in [5.74, 6) is -2.71. The number of para-hydroxylation sites is 1. The number of sulfonamides is 1. The molecule has 2 heterocycles. The number of hydrogen-bond acceptors (Lipinski definition) is 5. The minimum atomic E-state index is -4.46. The molecule has 0 aliphatic rings. The van der Waals surface area contributed by atoms with E-state index in [9.17, 15) is 22.0 Å². The van der Waals surface area contributed by atoms with E-state index in [0.717, 1.165) is 6.07 Å². The van der Waals surface area contributed by atoms with Crippen molar-refractivity contribution in [3.8, 4) is 0 Å². The zero-order valence-electron chi connectivity index (χ0n) is 15.1. The van der Waals surface area contributed by atoms with Gasteiger partial charge in [0.15, 0.2) is 5.65 Å². The first-order chi connectivity index (χ1) is 14.3. The summed E-state index contributed by atoms with van der Waals surface area (Å²) < 4.78 is 55.5. The molecule has 0 spiro atoms. The maximum Gasteiger partial charge on any atom is 0.266 e. The Labute approximate surface area is 169 Å². The molecule has 8 nitrogen and oxygen atoms in total. The van der Waals surface area contributed by atoms with E-state index in [2.05, 4.69) is 20.1 Å². The minimum Gasteiger partial charge on any atom is -0.322 e. The molecule has 2 aromatic heterocycles. The molecular formula is C19H13F2N5O3S. The summed E-state index contributed by atoms with van der Waals surface area (Å²) in [6, 6.07) is 12.1. The van der Waals surface area contributed by atoms with Crippen LogP contribution in [0.4, 0.5) is 20.3 Å². The lowest BCUT2D eigenvalue weighted by atomic mass is 10.2. The Balaban J connectivity index is 1.66. The molecule has 152 valence electrons. The van der Waals surface area contributed by atoms with Crippen molar-refractivity contribution in [2.45, 2.75) is 4.90 Å². The lowest BCUT2D eigenvalue weighted by Crippen LogP contribution is -2.16. The van der Waals surface area contributed by atoms with Crippen molar-refractivity contribution in [1.29, 1.82) is 0 Å². The van der Waals surface area contributed by atoms with E-state index in [4.69, 9.17) is 0 Å². The second-order valence-electron chi connectivity index (χ2n) is 6.14. The zero-order chi connectivity index (χ0) is 21.3. The minimum absolute atomic E-state index is 0.0725. The summed E-state index contributed by atoms with van der Waals surface area (Å²) in [5, 5.41) is 6.69. The normalized spacial score (nSPS) is 11.4. The van der Waals surface area contributed by atoms with Crippen LogP contribution in [-0.2, 0) is 10.0 Å². The summed E-state index contributed by atoms with van der Waals surface area (Å²) in [5.41, 5.74) is 0.723. The van der Waals surface area contributed by atoms with Crippen LogP contribution in [0.15, 0.2) is 71.9 Å². The van der Waals surface area contributed by atoms with Gasteiger partial charge >= 0.3 is 0 Å². The SMILES string of the molecule is O=C(Nc1ccccc1)c1cnn2ccc(NS(=O)(=O)c3cc(F)ccc3F)nc12. The number of carbonyl (C=O) groups is 1. The number of nitrogens with one attached hydrogen (secondary N) is 2. The summed E-state index contributed by atoms with van der Waals surface area (Å²) in [6.07, 6.45) is 2.66. The van der Waals surface area contributed by atoms with E-state index in [1.165, 1.54) is 23.0 Å². The maximum absolute atomic E-state index is 13.9. The predicted molar refractivity (Wildman–Crippen MR) is 105 cm³/mol. The Hall–Kier alpha value is -3.86. The number of fused-ring (bicyclic) bond motifs is 1. The summed E-state index contributed by atoms with van der Waals surface area (Å²) in [6.45, 7) is 0. The predicted octanol–water partition coefficient (Wildman–Crippen LogP) is 3.06. The largest absolute Gasteiger partial charge is 0.322 e. The summed E-state index contributed by atoms with van der Waals surface area (Å²) in [7, 11) is -4.46. The highest BCUT2D eigenvalue weighted by Crippen LogP contribution is 2.20. The average molecular weight is 429 g/mol. The number of benzene rings is 2. The third-order valence-electron chi connectivity index (χ3n) is 4.07. The average Bonchev–Trinajstić information content (AvgIpc) is 3.13. The molecule has 2 aromatic carbocycles. The number of aromatic nitrogens is 3. The molecule has 0 bridgehead atoms. The van der Waals surface area contributed by atoms with Crippen LogP contribution in [0, 0.1) is 11.6 Å². The summed E-state index contributed by atoms with van der Waals surface area (Å²) in [4.78, 5) is 15.8. The molecule has 30 heavy (non-hydrogen) atoms. The van der Waals surface area contributed by atoms with Crippen molar-refractivity contribution in [3.05, 3.63) is 84.2 Å². The van der Waals surface area contributed by atoms with Gasteiger partial charge in [-0.25, -0.2) is 26.7 Å². The lowest BCUT2D eigenvalue weighted by Gasteiger charge is -2.09. The van der Waals surface area contributed by atoms with Crippen LogP contribution >= 0.6 is 0 Å². The molecule has 0 saturated carbocycles. The third-order valence-corrected chi connectivity index (χ3v) is 5.44. The van der Waals surface area contributed by atoms with Crippen molar-refractivity contribution < 1.29 is 22.0 Å². The Morgan fingerprint density at radius 1 is 1.03 bits per heavy atom. The highest BCUT2D eigenvalue weighted by Gasteiger charge is 2.22. The van der Waals surface area contributed by atoms with Gasteiger partial charge in [0.1, 0.15) is 27.9 Å². The Kier molecular flexibility index (Phi) is 4.88. The van der Waals surface area contributed by atoms with Crippen LogP contribution in [0.5, 0.6) is 0 Å². The van der Waals surface area contributed by atoms with Crippen molar-refractivity contribution in [3.63, 3.8) is 0 Å². The van der Waals surface area contributed by atoms with Crippen LogP contribution in [0.3, 0.4) is 0 Å². The van der Waals surface area contributed by atoms with Crippen molar-refractivity contribution in [2.75, 3.05) is 10.0 Å². The lowest BCUT2D eigenvalue weighted by molar-refractivity contribution is 0.102. The number of halogens is 2. The van der Waals surface area contributed by atoms with Crippen LogP contribution in [0.1, 0.15) is 10.4 Å². The zero-order valence-corrected chi connectivity index (χ0v) is 15.9. The first-order valence-corrected chi connectivity index (χ1v) is 10.0. The molecule has 0 aliphatic carbocycles. The maximum atomic E-state index is 13.9. The molecule has 0 aliphatic heterocycles. The van der Waals surface area contributed by atoms with Gasteiger partial charge in [-0.3, -0.25) is 9.52 Å². The van der Waals surface area contributed by atoms with Gasteiger partial charge in [0.2, 0.25) is 0 Å². The fourth-order valence-corrected chi connectivity index (χ4v) is 3.77. The second-order valence-corrected chi connectivity index (χ2v) is 7.79. The highest BCUT2D eigenvalue weighted by molar-refractivity contribution is 7.92. The Bertz CT molecular complexity index is 1360. The molecule has 0 unspecified atom stereocenters. The van der Waals surface area contributed by atoms with E-state index in [-0.39, 0.29) is 17.0 Å². The van der Waals surface area contributed by atoms with Gasteiger partial charge in [-0.05, 0) is 36.4 Å². The molecule has 4 aromatic rings. The molecule has 0 radical (unpaired) electrons. The first kappa shape index (κ1) is 19.5. The van der Waals surface area contributed by atoms with Crippen molar-refractivity contribution in [2.24, 2.45) is 0 Å². The van der Waals surface area contributed by atoms with Crippen molar-refractivity contribution in [1.82, 2.24) is 14.6 Å². The smallest absolute Gasteiger partial charge is 0.266 e. The van der Waals surface area contributed by atoms with Crippen LogP contribution in [0.2, 0.25) is 0 Å². The third kappa shape index (κ3) is 3.82. The van der Waals surface area contributed by atoms with Crippen LogP contribution < -0.4 is 10.0 Å². The van der Waals surface area contributed by atoms with E-state index in [1.807, 2.05) is 0 Å². The molecule has 1 amide bonds. The van der Waals surface area contributed by atoms with Gasteiger partial charge in [0, 0.05) is 11.9 Å². The second kappa shape index (κ2) is 7.52. The number of hydrogen-bond donors (Lipinski definition) is 2. The fourth-order valence-electron chi connectivity index (χ4n) is 2.68. The monoisotopic (exact) mass is 429 g/mol. The number of carbonyl (C=O) groups excluding carboxylic acids is 1. The van der Waals surface area contributed by atoms with Gasteiger partial charge in [0.05, 0.1) is 6.20 Å². The first-order valence-electron chi connectivity index (χ1n) is 8.52. The standard InChI is InChI=1S/C19H13F2N5O3S/c20-12-6-7-15(21)16(10-12)30(28,29)25-17-8-9-26-18(24-17)14(11-22-26)19(27)23-13-4-2-1-3-5-13/h1-11H,(H,23,27)(H,24,25). The number of anilines is 2. The van der Waals surface area contributed by atoms with Gasteiger partial charge in [-0.2, -0.15) is 5.10 Å². The molecule has 4 rings (SSSR count). The van der Waals surface area contributed by atoms with Crippen molar-refractivity contribution >= 4 is 33.1 Å². The number of rotatable bonds is 5. The topological polar surface area (TPSA) is 105 Å². The van der Waals surface area contributed by atoms with Gasteiger partial charge in [0.25, 0.3) is 15.9 Å². The van der Waals surface area contributed by atoms with Crippen LogP contribution in [0.25, 0.3) is 5.65 Å². The van der Waals surface area contributed by atoms with E-state index >= 15 is 0 Å². The molecule has 11 heteroatoms. The Morgan fingerprint density at radius 2 is 1.80 bits per heavy atom. The summed E-state index contributed by atoms with van der Waals surface area (Å²) >= 11 is 0.